The molecule has 2 rings (SSSR count). The molecular formula is C15H20Cl2N2O4. The van der Waals surface area contributed by atoms with E-state index >= 15 is 0 Å². The Morgan fingerprint density at radius 1 is 1.43 bits per heavy atom. The van der Waals surface area contributed by atoms with Crippen LogP contribution in [0.1, 0.15) is 18.0 Å². The zero-order valence-corrected chi connectivity index (χ0v) is 14.3. The molecule has 0 aromatic heterocycles. The lowest BCUT2D eigenvalue weighted by atomic mass is 10.1. The lowest BCUT2D eigenvalue weighted by molar-refractivity contribution is -0.145. The molecule has 1 aromatic rings. The van der Waals surface area contributed by atoms with Crippen molar-refractivity contribution in [3.8, 4) is 0 Å². The SMILES string of the molecule is COC(=O)C(NC(=O)CC1COCCN1)c1ccc(Cl)cc1.Cl. The Morgan fingerprint density at radius 3 is 2.70 bits per heavy atom. The molecule has 0 aliphatic carbocycles. The minimum absolute atomic E-state index is 0. The molecule has 2 N–H and O–H groups in total. The fraction of sp³-hybridized carbons (Fsp3) is 0.467. The van der Waals surface area contributed by atoms with Gasteiger partial charge in [-0.15, -0.1) is 12.4 Å². The van der Waals surface area contributed by atoms with Crippen molar-refractivity contribution < 1.29 is 19.1 Å². The molecule has 1 amide bonds. The number of amides is 1. The molecule has 1 saturated heterocycles. The van der Waals surface area contributed by atoms with Crippen LogP contribution >= 0.6 is 24.0 Å². The van der Waals surface area contributed by atoms with Crippen molar-refractivity contribution in [3.63, 3.8) is 0 Å². The topological polar surface area (TPSA) is 76.7 Å². The summed E-state index contributed by atoms with van der Waals surface area (Å²) in [7, 11) is 1.29. The number of halogens is 2. The monoisotopic (exact) mass is 362 g/mol. The van der Waals surface area contributed by atoms with Crippen LogP contribution in [-0.4, -0.2) is 44.8 Å². The molecule has 1 fully saturated rings. The van der Waals surface area contributed by atoms with Crippen LogP contribution < -0.4 is 10.6 Å². The Bertz CT molecular complexity index is 519. The van der Waals surface area contributed by atoms with Gasteiger partial charge < -0.3 is 20.1 Å². The smallest absolute Gasteiger partial charge is 0.333 e. The van der Waals surface area contributed by atoms with Gasteiger partial charge in [-0.05, 0) is 17.7 Å². The van der Waals surface area contributed by atoms with Gasteiger partial charge in [-0.1, -0.05) is 23.7 Å². The summed E-state index contributed by atoms with van der Waals surface area (Å²) in [6, 6.07) is 5.81. The number of rotatable bonds is 5. The van der Waals surface area contributed by atoms with Crippen LogP contribution in [0.3, 0.4) is 0 Å². The average Bonchev–Trinajstić information content (AvgIpc) is 2.54. The molecule has 1 aromatic carbocycles. The lowest BCUT2D eigenvalue weighted by Crippen LogP contribution is -2.45. The van der Waals surface area contributed by atoms with E-state index in [4.69, 9.17) is 21.1 Å². The van der Waals surface area contributed by atoms with Crippen LogP contribution in [0.25, 0.3) is 0 Å². The van der Waals surface area contributed by atoms with E-state index in [1.54, 1.807) is 24.3 Å². The molecule has 6 nitrogen and oxygen atoms in total. The predicted octanol–water partition coefficient (Wildman–Crippen LogP) is 1.47. The molecule has 1 aliphatic heterocycles. The first-order chi connectivity index (χ1) is 10.6. The molecule has 0 radical (unpaired) electrons. The number of morpholine rings is 1. The number of hydrogen-bond donors (Lipinski definition) is 2. The molecule has 1 aliphatic rings. The Morgan fingerprint density at radius 2 is 2.13 bits per heavy atom. The fourth-order valence-corrected chi connectivity index (χ4v) is 2.37. The Kier molecular flexibility index (Phi) is 8.33. The fourth-order valence-electron chi connectivity index (χ4n) is 2.25. The number of carbonyl (C=O) groups is 2. The molecular weight excluding hydrogens is 343 g/mol. The van der Waals surface area contributed by atoms with Gasteiger partial charge in [-0.3, -0.25) is 4.79 Å². The standard InChI is InChI=1S/C15H19ClN2O4.ClH/c1-21-15(20)14(10-2-4-11(16)5-3-10)18-13(19)8-12-9-22-7-6-17-12;/h2-5,12,14,17H,6-9H2,1H3,(H,18,19);1H. The van der Waals surface area contributed by atoms with E-state index in [0.717, 1.165) is 6.54 Å². The van der Waals surface area contributed by atoms with Gasteiger partial charge >= 0.3 is 5.97 Å². The minimum Gasteiger partial charge on any atom is -0.467 e. The third-order valence-electron chi connectivity index (χ3n) is 3.38. The van der Waals surface area contributed by atoms with E-state index in [0.29, 0.717) is 23.8 Å². The molecule has 0 spiro atoms. The van der Waals surface area contributed by atoms with Crippen molar-refractivity contribution in [1.82, 2.24) is 10.6 Å². The summed E-state index contributed by atoms with van der Waals surface area (Å²) < 4.78 is 10.1. The molecule has 23 heavy (non-hydrogen) atoms. The summed E-state index contributed by atoms with van der Waals surface area (Å²) in [6.07, 6.45) is 0.237. The average molecular weight is 363 g/mol. The van der Waals surface area contributed by atoms with Crippen LogP contribution in [-0.2, 0) is 19.1 Å². The third kappa shape index (κ3) is 5.99. The number of esters is 1. The summed E-state index contributed by atoms with van der Waals surface area (Å²) in [5.74, 6) is -0.767. The lowest BCUT2D eigenvalue weighted by Gasteiger charge is -2.24. The molecule has 2 unspecified atom stereocenters. The molecule has 1 heterocycles. The number of methoxy groups -OCH3 is 1. The van der Waals surface area contributed by atoms with E-state index in [-0.39, 0.29) is 30.8 Å². The Labute approximate surface area is 146 Å². The zero-order valence-electron chi connectivity index (χ0n) is 12.7. The maximum absolute atomic E-state index is 12.1. The van der Waals surface area contributed by atoms with Crippen LogP contribution in [0.15, 0.2) is 24.3 Å². The zero-order chi connectivity index (χ0) is 15.9. The molecule has 0 bridgehead atoms. The minimum atomic E-state index is -0.848. The number of carbonyl (C=O) groups excluding carboxylic acids is 2. The molecule has 2 atom stereocenters. The predicted molar refractivity (Wildman–Crippen MR) is 88.8 cm³/mol. The number of nitrogens with one attached hydrogen (secondary N) is 2. The van der Waals surface area contributed by atoms with Crippen LogP contribution in [0.5, 0.6) is 0 Å². The van der Waals surface area contributed by atoms with E-state index < -0.39 is 12.0 Å². The van der Waals surface area contributed by atoms with Gasteiger partial charge in [0.1, 0.15) is 0 Å². The van der Waals surface area contributed by atoms with Crippen LogP contribution in [0.4, 0.5) is 0 Å². The van der Waals surface area contributed by atoms with E-state index in [1.807, 2.05) is 0 Å². The van der Waals surface area contributed by atoms with Crippen molar-refractivity contribution >= 4 is 35.9 Å². The highest BCUT2D eigenvalue weighted by molar-refractivity contribution is 6.30. The number of hydrogen-bond acceptors (Lipinski definition) is 5. The molecule has 128 valence electrons. The normalized spacial score (nSPS) is 18.4. The van der Waals surface area contributed by atoms with Gasteiger partial charge in [-0.25, -0.2) is 4.79 Å². The summed E-state index contributed by atoms with van der Waals surface area (Å²) in [4.78, 5) is 24.1. The van der Waals surface area contributed by atoms with E-state index in [2.05, 4.69) is 10.6 Å². The number of benzene rings is 1. The van der Waals surface area contributed by atoms with Gasteiger partial charge in [0.15, 0.2) is 6.04 Å². The molecule has 8 heteroatoms. The Hall–Kier alpha value is -1.34. The van der Waals surface area contributed by atoms with Crippen molar-refractivity contribution in [2.75, 3.05) is 26.9 Å². The van der Waals surface area contributed by atoms with Gasteiger partial charge in [0.25, 0.3) is 0 Å². The summed E-state index contributed by atoms with van der Waals surface area (Å²) in [5, 5.41) is 6.45. The highest BCUT2D eigenvalue weighted by Gasteiger charge is 2.25. The summed E-state index contributed by atoms with van der Waals surface area (Å²) in [5.41, 5.74) is 0.623. The van der Waals surface area contributed by atoms with Crippen molar-refractivity contribution in [2.24, 2.45) is 0 Å². The highest BCUT2D eigenvalue weighted by atomic mass is 35.5. The van der Waals surface area contributed by atoms with Crippen molar-refractivity contribution in [3.05, 3.63) is 34.9 Å². The first-order valence-electron chi connectivity index (χ1n) is 7.04. The van der Waals surface area contributed by atoms with Crippen LogP contribution in [0.2, 0.25) is 5.02 Å². The maximum Gasteiger partial charge on any atom is 0.333 e. The van der Waals surface area contributed by atoms with Crippen molar-refractivity contribution in [2.45, 2.75) is 18.5 Å². The summed E-state index contributed by atoms with van der Waals surface area (Å²) in [6.45, 7) is 1.85. The van der Waals surface area contributed by atoms with Gasteiger partial charge in [-0.2, -0.15) is 0 Å². The van der Waals surface area contributed by atoms with Crippen molar-refractivity contribution in [1.29, 1.82) is 0 Å². The third-order valence-corrected chi connectivity index (χ3v) is 3.63. The maximum atomic E-state index is 12.1. The number of ether oxygens (including phenoxy) is 2. The molecule has 0 saturated carbocycles. The van der Waals surface area contributed by atoms with E-state index in [1.165, 1.54) is 7.11 Å². The highest BCUT2D eigenvalue weighted by Crippen LogP contribution is 2.18. The van der Waals surface area contributed by atoms with Gasteiger partial charge in [0, 0.05) is 24.0 Å². The second kappa shape index (κ2) is 9.72. The van der Waals surface area contributed by atoms with Gasteiger partial charge in [0.2, 0.25) is 5.91 Å². The second-order valence-corrected chi connectivity index (χ2v) is 5.44. The van der Waals surface area contributed by atoms with E-state index in [9.17, 15) is 9.59 Å². The van der Waals surface area contributed by atoms with Gasteiger partial charge in [0.05, 0.1) is 20.3 Å². The second-order valence-electron chi connectivity index (χ2n) is 5.01. The summed E-state index contributed by atoms with van der Waals surface area (Å²) >= 11 is 5.84. The Balaban J connectivity index is 0.00000264. The van der Waals surface area contributed by atoms with Crippen LogP contribution in [0, 0.1) is 0 Å². The quantitative estimate of drug-likeness (QED) is 0.775. The first-order valence-corrected chi connectivity index (χ1v) is 7.41. The largest absolute Gasteiger partial charge is 0.467 e. The first kappa shape index (κ1) is 19.7.